The number of carboxylic acids is 1. The number of para-hydroxylation sites is 1. The van der Waals surface area contributed by atoms with E-state index in [1.54, 1.807) is 18.5 Å². The summed E-state index contributed by atoms with van der Waals surface area (Å²) in [4.78, 5) is 18.3. The summed E-state index contributed by atoms with van der Waals surface area (Å²) < 4.78 is 0. The van der Waals surface area contributed by atoms with Crippen molar-refractivity contribution < 1.29 is 9.90 Å². The van der Waals surface area contributed by atoms with E-state index in [9.17, 15) is 9.90 Å². The van der Waals surface area contributed by atoms with Crippen molar-refractivity contribution in [2.45, 2.75) is 0 Å². The molecule has 0 radical (unpaired) electrons. The van der Waals surface area contributed by atoms with Crippen LogP contribution in [0.15, 0.2) is 48.8 Å². The van der Waals surface area contributed by atoms with Gasteiger partial charge in [-0.25, -0.2) is 4.79 Å². The Hall–Kier alpha value is -2.62. The summed E-state index contributed by atoms with van der Waals surface area (Å²) in [5.74, 6) is -0.968. The number of rotatable bonds is 2. The number of nitrogens with zero attached hydrogens (tertiary/aromatic N) is 1. The lowest BCUT2D eigenvalue weighted by Crippen LogP contribution is -1.98. The van der Waals surface area contributed by atoms with E-state index in [0.29, 0.717) is 5.56 Å². The van der Waals surface area contributed by atoms with Crippen LogP contribution in [0.4, 0.5) is 0 Å². The molecule has 88 valence electrons. The van der Waals surface area contributed by atoms with Gasteiger partial charge >= 0.3 is 5.97 Å². The van der Waals surface area contributed by atoms with Crippen LogP contribution in [0.25, 0.3) is 22.0 Å². The van der Waals surface area contributed by atoms with Crippen molar-refractivity contribution in [1.29, 1.82) is 0 Å². The number of aromatic nitrogens is 2. The number of benzene rings is 1. The number of pyridine rings is 1. The smallest absolute Gasteiger partial charge is 0.352 e. The summed E-state index contributed by atoms with van der Waals surface area (Å²) >= 11 is 0. The maximum absolute atomic E-state index is 11.3. The third-order valence-corrected chi connectivity index (χ3v) is 2.87. The van der Waals surface area contributed by atoms with Crippen molar-refractivity contribution in [3.05, 3.63) is 54.5 Å². The number of nitrogens with one attached hydrogen (secondary N) is 1. The van der Waals surface area contributed by atoms with E-state index in [1.807, 2.05) is 30.3 Å². The Bertz CT molecular complexity index is 717. The van der Waals surface area contributed by atoms with Gasteiger partial charge in [-0.15, -0.1) is 0 Å². The monoisotopic (exact) mass is 238 g/mol. The van der Waals surface area contributed by atoms with E-state index < -0.39 is 5.97 Å². The lowest BCUT2D eigenvalue weighted by molar-refractivity contribution is 0.0692. The molecule has 4 nitrogen and oxygen atoms in total. The molecule has 18 heavy (non-hydrogen) atoms. The molecule has 0 bridgehead atoms. The molecule has 2 N–H and O–H groups in total. The van der Waals surface area contributed by atoms with Gasteiger partial charge in [0.25, 0.3) is 0 Å². The SMILES string of the molecule is O=C(O)c1[nH]c2ccccc2c1-c1cccnc1. The van der Waals surface area contributed by atoms with Crippen LogP contribution in [0, 0.1) is 0 Å². The third kappa shape index (κ3) is 1.55. The first-order valence-corrected chi connectivity index (χ1v) is 5.52. The minimum absolute atomic E-state index is 0.198. The van der Waals surface area contributed by atoms with Crippen LogP contribution in [-0.2, 0) is 0 Å². The van der Waals surface area contributed by atoms with Crippen molar-refractivity contribution in [2.24, 2.45) is 0 Å². The van der Waals surface area contributed by atoms with E-state index in [4.69, 9.17) is 0 Å². The quantitative estimate of drug-likeness (QED) is 0.721. The second-order valence-corrected chi connectivity index (χ2v) is 3.97. The fourth-order valence-electron chi connectivity index (χ4n) is 2.11. The van der Waals surface area contributed by atoms with Gasteiger partial charge in [0.05, 0.1) is 0 Å². The van der Waals surface area contributed by atoms with Crippen LogP contribution in [0.1, 0.15) is 10.5 Å². The van der Waals surface area contributed by atoms with E-state index in [1.165, 1.54) is 0 Å². The second kappa shape index (κ2) is 4.00. The van der Waals surface area contributed by atoms with Gasteiger partial charge in [-0.1, -0.05) is 24.3 Å². The molecule has 0 aliphatic carbocycles. The van der Waals surface area contributed by atoms with Gasteiger partial charge in [-0.05, 0) is 12.1 Å². The summed E-state index contributed by atoms with van der Waals surface area (Å²) in [6.07, 6.45) is 3.33. The maximum Gasteiger partial charge on any atom is 0.352 e. The largest absolute Gasteiger partial charge is 0.477 e. The Morgan fingerprint density at radius 3 is 2.72 bits per heavy atom. The van der Waals surface area contributed by atoms with E-state index >= 15 is 0 Å². The number of H-pyrrole nitrogens is 1. The molecule has 2 aromatic heterocycles. The topological polar surface area (TPSA) is 66.0 Å². The molecular formula is C14H10N2O2. The van der Waals surface area contributed by atoms with Crippen molar-refractivity contribution in [3.8, 4) is 11.1 Å². The van der Waals surface area contributed by atoms with Gasteiger partial charge in [-0.2, -0.15) is 0 Å². The molecular weight excluding hydrogens is 228 g/mol. The van der Waals surface area contributed by atoms with E-state index in [0.717, 1.165) is 16.5 Å². The summed E-state index contributed by atoms with van der Waals surface area (Å²) in [7, 11) is 0. The van der Waals surface area contributed by atoms with Crippen molar-refractivity contribution in [1.82, 2.24) is 9.97 Å². The highest BCUT2D eigenvalue weighted by molar-refractivity contribution is 6.07. The minimum atomic E-state index is -0.968. The molecule has 0 saturated carbocycles. The molecule has 0 aliphatic heterocycles. The van der Waals surface area contributed by atoms with Crippen molar-refractivity contribution >= 4 is 16.9 Å². The Kier molecular flexibility index (Phi) is 2.34. The number of hydrogen-bond acceptors (Lipinski definition) is 2. The lowest BCUT2D eigenvalue weighted by atomic mass is 10.0. The van der Waals surface area contributed by atoms with Crippen LogP contribution in [0.3, 0.4) is 0 Å². The zero-order chi connectivity index (χ0) is 12.5. The highest BCUT2D eigenvalue weighted by atomic mass is 16.4. The Morgan fingerprint density at radius 1 is 1.17 bits per heavy atom. The molecule has 0 atom stereocenters. The zero-order valence-electron chi connectivity index (χ0n) is 9.42. The maximum atomic E-state index is 11.3. The standard InChI is InChI=1S/C14H10N2O2/c17-14(18)13-12(9-4-3-7-15-8-9)10-5-1-2-6-11(10)16-13/h1-8,16H,(H,17,18). The predicted molar refractivity (Wildman–Crippen MR) is 68.5 cm³/mol. The van der Waals surface area contributed by atoms with E-state index in [2.05, 4.69) is 9.97 Å². The third-order valence-electron chi connectivity index (χ3n) is 2.87. The normalized spacial score (nSPS) is 10.7. The summed E-state index contributed by atoms with van der Waals surface area (Å²) in [6, 6.07) is 11.2. The molecule has 0 aliphatic rings. The first-order chi connectivity index (χ1) is 8.77. The fourth-order valence-corrected chi connectivity index (χ4v) is 2.11. The molecule has 3 rings (SSSR count). The first-order valence-electron chi connectivity index (χ1n) is 5.52. The summed E-state index contributed by atoms with van der Waals surface area (Å²) in [5, 5.41) is 10.2. The molecule has 2 heterocycles. The number of carboxylic acid groups (broad SMARTS) is 1. The molecule has 4 heteroatoms. The number of carbonyl (C=O) groups is 1. The summed E-state index contributed by atoms with van der Waals surface area (Å²) in [5.41, 5.74) is 2.50. The van der Waals surface area contributed by atoms with E-state index in [-0.39, 0.29) is 5.69 Å². The van der Waals surface area contributed by atoms with Gasteiger partial charge in [0, 0.05) is 34.4 Å². The minimum Gasteiger partial charge on any atom is -0.477 e. The van der Waals surface area contributed by atoms with Gasteiger partial charge in [0.1, 0.15) is 5.69 Å². The molecule has 1 aromatic carbocycles. The van der Waals surface area contributed by atoms with Crippen LogP contribution >= 0.6 is 0 Å². The molecule has 0 unspecified atom stereocenters. The molecule has 0 spiro atoms. The first kappa shape index (κ1) is 10.5. The number of aromatic carboxylic acids is 1. The average Bonchev–Trinajstić information content (AvgIpc) is 2.79. The Labute approximate surface area is 103 Å². The van der Waals surface area contributed by atoms with Crippen LogP contribution in [0.5, 0.6) is 0 Å². The van der Waals surface area contributed by atoms with Crippen LogP contribution in [-0.4, -0.2) is 21.0 Å². The second-order valence-electron chi connectivity index (χ2n) is 3.97. The predicted octanol–water partition coefficient (Wildman–Crippen LogP) is 2.93. The van der Waals surface area contributed by atoms with Crippen molar-refractivity contribution in [3.63, 3.8) is 0 Å². The lowest BCUT2D eigenvalue weighted by Gasteiger charge is -2.00. The molecule has 3 aromatic rings. The Balaban J connectivity index is 2.38. The van der Waals surface area contributed by atoms with Crippen molar-refractivity contribution in [2.75, 3.05) is 0 Å². The highest BCUT2D eigenvalue weighted by Crippen LogP contribution is 2.31. The summed E-state index contributed by atoms with van der Waals surface area (Å²) in [6.45, 7) is 0. The molecule has 0 saturated heterocycles. The van der Waals surface area contributed by atoms with Gasteiger partial charge < -0.3 is 10.1 Å². The highest BCUT2D eigenvalue weighted by Gasteiger charge is 2.17. The molecule has 0 amide bonds. The van der Waals surface area contributed by atoms with Crippen LogP contribution in [0.2, 0.25) is 0 Å². The van der Waals surface area contributed by atoms with Gasteiger partial charge in [-0.3, -0.25) is 4.98 Å². The number of aromatic amines is 1. The average molecular weight is 238 g/mol. The zero-order valence-corrected chi connectivity index (χ0v) is 9.42. The fraction of sp³-hybridized carbons (Fsp3) is 0. The van der Waals surface area contributed by atoms with Gasteiger partial charge in [0.15, 0.2) is 0 Å². The molecule has 0 fully saturated rings. The number of fused-ring (bicyclic) bond motifs is 1. The van der Waals surface area contributed by atoms with Crippen LogP contribution < -0.4 is 0 Å². The Morgan fingerprint density at radius 2 is 2.00 bits per heavy atom. The number of hydrogen-bond donors (Lipinski definition) is 2. The van der Waals surface area contributed by atoms with Gasteiger partial charge in [0.2, 0.25) is 0 Å².